The van der Waals surface area contributed by atoms with Crippen molar-refractivity contribution in [2.75, 3.05) is 6.54 Å². The molecule has 1 atom stereocenters. The monoisotopic (exact) mass is 282 g/mol. The Labute approximate surface area is 126 Å². The van der Waals surface area contributed by atoms with Crippen LogP contribution in [0.5, 0.6) is 0 Å². The molecular weight excluding hydrogens is 260 g/mol. The zero-order chi connectivity index (χ0) is 14.5. The van der Waals surface area contributed by atoms with Crippen molar-refractivity contribution in [1.29, 1.82) is 0 Å². The highest BCUT2D eigenvalue weighted by Crippen LogP contribution is 2.41. The van der Waals surface area contributed by atoms with Gasteiger partial charge in [-0.3, -0.25) is 4.98 Å². The number of aromatic nitrogens is 1. The summed E-state index contributed by atoms with van der Waals surface area (Å²) < 4.78 is 0. The summed E-state index contributed by atoms with van der Waals surface area (Å²) in [6, 6.07) is 14.3. The third-order valence-electron chi connectivity index (χ3n) is 4.37. The minimum absolute atomic E-state index is 0.0177. The first-order valence-electron chi connectivity index (χ1n) is 7.67. The normalized spacial score (nSPS) is 18.0. The first-order chi connectivity index (χ1) is 10.3. The van der Waals surface area contributed by atoms with E-state index >= 15 is 0 Å². The summed E-state index contributed by atoms with van der Waals surface area (Å²) in [5.41, 5.74) is 1.80. The molecule has 3 heteroatoms. The SMILES string of the molecule is OC1(C(NCCc2cccnc2)c2ccccc2)CCC1. The van der Waals surface area contributed by atoms with Gasteiger partial charge in [0.1, 0.15) is 0 Å². The van der Waals surface area contributed by atoms with Gasteiger partial charge in [0.2, 0.25) is 0 Å². The van der Waals surface area contributed by atoms with Crippen LogP contribution in [-0.4, -0.2) is 22.2 Å². The Bertz CT molecular complexity index is 552. The van der Waals surface area contributed by atoms with E-state index in [4.69, 9.17) is 0 Å². The zero-order valence-corrected chi connectivity index (χ0v) is 12.2. The maximum atomic E-state index is 10.7. The van der Waals surface area contributed by atoms with Crippen LogP contribution in [0.15, 0.2) is 54.9 Å². The lowest BCUT2D eigenvalue weighted by molar-refractivity contribution is -0.0662. The van der Waals surface area contributed by atoms with Crippen LogP contribution in [-0.2, 0) is 6.42 Å². The first kappa shape index (κ1) is 14.2. The second-order valence-electron chi connectivity index (χ2n) is 5.87. The summed E-state index contributed by atoms with van der Waals surface area (Å²) in [5.74, 6) is 0. The molecule has 2 aromatic rings. The van der Waals surface area contributed by atoms with Crippen LogP contribution >= 0.6 is 0 Å². The maximum absolute atomic E-state index is 10.7. The molecule has 3 rings (SSSR count). The molecule has 1 fully saturated rings. The van der Waals surface area contributed by atoms with Crippen LogP contribution in [0.2, 0.25) is 0 Å². The minimum Gasteiger partial charge on any atom is -0.388 e. The van der Waals surface area contributed by atoms with Gasteiger partial charge in [-0.25, -0.2) is 0 Å². The van der Waals surface area contributed by atoms with Crippen molar-refractivity contribution in [3.63, 3.8) is 0 Å². The molecule has 1 aliphatic rings. The summed E-state index contributed by atoms with van der Waals surface area (Å²) in [6.45, 7) is 0.841. The van der Waals surface area contributed by atoms with Gasteiger partial charge < -0.3 is 10.4 Å². The van der Waals surface area contributed by atoms with Gasteiger partial charge in [-0.2, -0.15) is 0 Å². The predicted octanol–water partition coefficient (Wildman–Crippen LogP) is 2.87. The molecule has 1 aliphatic carbocycles. The number of nitrogens with zero attached hydrogens (tertiary/aromatic N) is 1. The number of rotatable bonds is 6. The molecule has 0 bridgehead atoms. The average Bonchev–Trinajstić information content (AvgIpc) is 2.51. The van der Waals surface area contributed by atoms with E-state index in [9.17, 15) is 5.11 Å². The highest BCUT2D eigenvalue weighted by atomic mass is 16.3. The van der Waals surface area contributed by atoms with E-state index in [2.05, 4.69) is 28.5 Å². The fraction of sp³-hybridized carbons (Fsp3) is 0.389. The van der Waals surface area contributed by atoms with Crippen molar-refractivity contribution in [3.05, 3.63) is 66.0 Å². The van der Waals surface area contributed by atoms with Crippen molar-refractivity contribution in [3.8, 4) is 0 Å². The fourth-order valence-corrected chi connectivity index (χ4v) is 3.00. The molecule has 1 saturated carbocycles. The molecule has 1 aromatic carbocycles. The summed E-state index contributed by atoms with van der Waals surface area (Å²) >= 11 is 0. The van der Waals surface area contributed by atoms with Gasteiger partial charge in [0.05, 0.1) is 11.6 Å². The lowest BCUT2D eigenvalue weighted by atomic mass is 9.72. The van der Waals surface area contributed by atoms with Crippen LogP contribution < -0.4 is 5.32 Å². The number of pyridine rings is 1. The summed E-state index contributed by atoms with van der Waals surface area (Å²) in [4.78, 5) is 4.14. The molecule has 0 amide bonds. The van der Waals surface area contributed by atoms with Gasteiger partial charge in [-0.15, -0.1) is 0 Å². The highest BCUT2D eigenvalue weighted by Gasteiger charge is 2.42. The Morgan fingerprint density at radius 1 is 1.14 bits per heavy atom. The van der Waals surface area contributed by atoms with E-state index < -0.39 is 5.60 Å². The van der Waals surface area contributed by atoms with Crippen molar-refractivity contribution in [2.45, 2.75) is 37.3 Å². The third kappa shape index (κ3) is 3.31. The van der Waals surface area contributed by atoms with Crippen LogP contribution in [0.1, 0.15) is 36.4 Å². The maximum Gasteiger partial charge on any atom is 0.0841 e. The molecule has 1 heterocycles. The highest BCUT2D eigenvalue weighted by molar-refractivity contribution is 5.23. The molecule has 0 saturated heterocycles. The smallest absolute Gasteiger partial charge is 0.0841 e. The molecule has 1 aromatic heterocycles. The largest absolute Gasteiger partial charge is 0.388 e. The van der Waals surface area contributed by atoms with Gasteiger partial charge in [0.15, 0.2) is 0 Å². The van der Waals surface area contributed by atoms with Crippen LogP contribution in [0.3, 0.4) is 0 Å². The lowest BCUT2D eigenvalue weighted by Gasteiger charge is -2.44. The molecule has 0 radical (unpaired) electrons. The van der Waals surface area contributed by atoms with Crippen molar-refractivity contribution in [2.24, 2.45) is 0 Å². The fourth-order valence-electron chi connectivity index (χ4n) is 3.00. The number of benzene rings is 1. The van der Waals surface area contributed by atoms with Crippen LogP contribution in [0, 0.1) is 0 Å². The average molecular weight is 282 g/mol. The molecule has 2 N–H and O–H groups in total. The van der Waals surface area contributed by atoms with E-state index in [1.807, 2.05) is 30.5 Å². The Morgan fingerprint density at radius 2 is 1.95 bits per heavy atom. The molecule has 110 valence electrons. The second-order valence-corrected chi connectivity index (χ2v) is 5.87. The van der Waals surface area contributed by atoms with Crippen LogP contribution in [0.25, 0.3) is 0 Å². The zero-order valence-electron chi connectivity index (χ0n) is 12.2. The molecule has 0 spiro atoms. The minimum atomic E-state index is -0.587. The molecule has 3 nitrogen and oxygen atoms in total. The molecular formula is C18H22N2O. The topological polar surface area (TPSA) is 45.1 Å². The van der Waals surface area contributed by atoms with E-state index in [0.717, 1.165) is 32.2 Å². The summed E-state index contributed by atoms with van der Waals surface area (Å²) in [5, 5.41) is 14.3. The van der Waals surface area contributed by atoms with E-state index in [1.165, 1.54) is 11.1 Å². The van der Waals surface area contributed by atoms with E-state index in [-0.39, 0.29) is 6.04 Å². The third-order valence-corrected chi connectivity index (χ3v) is 4.37. The molecule has 0 aliphatic heterocycles. The van der Waals surface area contributed by atoms with E-state index in [1.54, 1.807) is 6.20 Å². The van der Waals surface area contributed by atoms with Gasteiger partial charge >= 0.3 is 0 Å². The number of aliphatic hydroxyl groups is 1. The Morgan fingerprint density at radius 3 is 2.57 bits per heavy atom. The number of hydrogen-bond acceptors (Lipinski definition) is 3. The quantitative estimate of drug-likeness (QED) is 0.856. The number of nitrogens with one attached hydrogen (secondary N) is 1. The second kappa shape index (κ2) is 6.37. The van der Waals surface area contributed by atoms with Gasteiger partial charge in [-0.1, -0.05) is 36.4 Å². The Kier molecular flexibility index (Phi) is 4.32. The van der Waals surface area contributed by atoms with Gasteiger partial charge in [-0.05, 0) is 49.4 Å². The van der Waals surface area contributed by atoms with Crippen molar-refractivity contribution in [1.82, 2.24) is 10.3 Å². The first-order valence-corrected chi connectivity index (χ1v) is 7.67. The van der Waals surface area contributed by atoms with Crippen molar-refractivity contribution >= 4 is 0 Å². The molecule has 21 heavy (non-hydrogen) atoms. The van der Waals surface area contributed by atoms with Crippen LogP contribution in [0.4, 0.5) is 0 Å². The predicted molar refractivity (Wildman–Crippen MR) is 83.9 cm³/mol. The van der Waals surface area contributed by atoms with E-state index in [0.29, 0.717) is 0 Å². The lowest BCUT2D eigenvalue weighted by Crippen LogP contribution is -2.49. The Balaban J connectivity index is 1.66. The summed E-state index contributed by atoms with van der Waals surface area (Å²) in [7, 11) is 0. The summed E-state index contributed by atoms with van der Waals surface area (Å²) in [6.07, 6.45) is 7.49. The molecule has 1 unspecified atom stereocenters. The standard InChI is InChI=1S/C18H22N2O/c21-18(10-5-11-18)17(16-7-2-1-3-8-16)20-13-9-15-6-4-12-19-14-15/h1-4,6-8,12,14,17,20-21H,5,9-11,13H2. The van der Waals surface area contributed by atoms with Gasteiger partial charge in [0, 0.05) is 12.4 Å². The Hall–Kier alpha value is -1.71. The van der Waals surface area contributed by atoms with Gasteiger partial charge in [0.25, 0.3) is 0 Å². The number of hydrogen-bond donors (Lipinski definition) is 2. The van der Waals surface area contributed by atoms with Crippen molar-refractivity contribution < 1.29 is 5.11 Å².